The van der Waals surface area contributed by atoms with Crippen LogP contribution in [0.2, 0.25) is 0 Å². The number of hydrogen-bond acceptors (Lipinski definition) is 4. The van der Waals surface area contributed by atoms with Crippen molar-refractivity contribution in [2.45, 2.75) is 48.6 Å². The van der Waals surface area contributed by atoms with Gasteiger partial charge in [-0.25, -0.2) is 8.42 Å². The molecule has 7 heteroatoms. The molecule has 1 heterocycles. The molecule has 0 spiro atoms. The summed E-state index contributed by atoms with van der Waals surface area (Å²) in [5.41, 5.74) is 1.93. The average molecular weight is 410 g/mol. The van der Waals surface area contributed by atoms with Crippen molar-refractivity contribution in [3.63, 3.8) is 0 Å². The van der Waals surface area contributed by atoms with Crippen molar-refractivity contribution in [1.82, 2.24) is 4.90 Å². The molecule has 0 radical (unpaired) electrons. The van der Waals surface area contributed by atoms with E-state index in [4.69, 9.17) is 0 Å². The number of sulfone groups is 1. The van der Waals surface area contributed by atoms with Crippen LogP contribution in [0, 0.1) is 6.92 Å². The molecule has 5 nitrogen and oxygen atoms in total. The summed E-state index contributed by atoms with van der Waals surface area (Å²) in [7, 11) is -3.54. The second-order valence-corrected chi connectivity index (χ2v) is 8.73. The third-order valence-corrected chi connectivity index (χ3v) is 6.63. The van der Waals surface area contributed by atoms with Crippen LogP contribution in [0.15, 0.2) is 58.3 Å². The number of carboxylic acid groups (broad SMARTS) is 1. The SMILES string of the molecule is Cc1ccc(S(=O)(=O)c2ccc(CN3CCCCC3C(=O)O)cc2)cc1.Cl. The molecule has 1 unspecified atom stereocenters. The Kier molecular flexibility index (Phi) is 7.03. The zero-order valence-corrected chi connectivity index (χ0v) is 16.8. The third kappa shape index (κ3) is 4.89. The van der Waals surface area contributed by atoms with Gasteiger partial charge in [-0.15, -0.1) is 12.4 Å². The predicted octanol–water partition coefficient (Wildman–Crippen LogP) is 3.69. The lowest BCUT2D eigenvalue weighted by molar-refractivity contribution is -0.144. The van der Waals surface area contributed by atoms with Crippen molar-refractivity contribution < 1.29 is 18.3 Å². The average Bonchev–Trinajstić information content (AvgIpc) is 2.63. The Morgan fingerprint density at radius 2 is 1.59 bits per heavy atom. The van der Waals surface area contributed by atoms with Gasteiger partial charge in [0.1, 0.15) is 6.04 Å². The lowest BCUT2D eigenvalue weighted by Crippen LogP contribution is -2.43. The minimum atomic E-state index is -3.54. The Morgan fingerprint density at radius 1 is 1.04 bits per heavy atom. The Morgan fingerprint density at radius 3 is 2.15 bits per heavy atom. The van der Waals surface area contributed by atoms with Gasteiger partial charge in [0, 0.05) is 6.54 Å². The summed E-state index contributed by atoms with van der Waals surface area (Å²) in [5, 5.41) is 9.36. The number of carbonyl (C=O) groups is 1. The first-order valence-corrected chi connectivity index (χ1v) is 10.2. The van der Waals surface area contributed by atoms with Crippen LogP contribution < -0.4 is 0 Å². The maximum absolute atomic E-state index is 12.7. The highest BCUT2D eigenvalue weighted by molar-refractivity contribution is 7.91. The lowest BCUT2D eigenvalue weighted by Gasteiger charge is -2.32. The molecule has 1 N–H and O–H groups in total. The Balaban J connectivity index is 0.00000261. The van der Waals surface area contributed by atoms with Gasteiger partial charge in [0.15, 0.2) is 0 Å². The van der Waals surface area contributed by atoms with Crippen molar-refractivity contribution in [2.75, 3.05) is 6.54 Å². The third-order valence-electron chi connectivity index (χ3n) is 4.85. The lowest BCUT2D eigenvalue weighted by atomic mass is 10.0. The van der Waals surface area contributed by atoms with E-state index in [1.165, 1.54) is 0 Å². The zero-order valence-electron chi connectivity index (χ0n) is 15.2. The normalized spacial score (nSPS) is 17.9. The van der Waals surface area contributed by atoms with E-state index in [9.17, 15) is 18.3 Å². The number of likely N-dealkylation sites (tertiary alicyclic amines) is 1. The monoisotopic (exact) mass is 409 g/mol. The first-order valence-electron chi connectivity index (χ1n) is 8.75. The maximum Gasteiger partial charge on any atom is 0.320 e. The van der Waals surface area contributed by atoms with Crippen molar-refractivity contribution >= 4 is 28.2 Å². The molecule has 146 valence electrons. The maximum atomic E-state index is 12.7. The number of piperidine rings is 1. The van der Waals surface area contributed by atoms with Crippen LogP contribution in [-0.4, -0.2) is 37.0 Å². The van der Waals surface area contributed by atoms with E-state index in [2.05, 4.69) is 0 Å². The van der Waals surface area contributed by atoms with E-state index in [1.54, 1.807) is 48.5 Å². The summed E-state index contributed by atoms with van der Waals surface area (Å²) < 4.78 is 25.4. The number of benzene rings is 2. The molecule has 0 saturated carbocycles. The highest BCUT2D eigenvalue weighted by Gasteiger charge is 2.28. The van der Waals surface area contributed by atoms with Gasteiger partial charge in [-0.05, 0) is 56.1 Å². The standard InChI is InChI=1S/C20H23NO4S.ClH/c1-15-5-9-17(10-6-15)26(24,25)18-11-7-16(8-12-18)14-21-13-3-2-4-19(21)20(22)23;/h5-12,19H,2-4,13-14H2,1H3,(H,22,23);1H. The highest BCUT2D eigenvalue weighted by Crippen LogP contribution is 2.24. The zero-order chi connectivity index (χ0) is 18.7. The number of aryl methyl sites for hydroxylation is 1. The first kappa shape index (κ1) is 21.4. The highest BCUT2D eigenvalue weighted by atomic mass is 35.5. The summed E-state index contributed by atoms with van der Waals surface area (Å²) in [6, 6.07) is 13.1. The second-order valence-electron chi connectivity index (χ2n) is 6.78. The fraction of sp³-hybridized carbons (Fsp3) is 0.350. The summed E-state index contributed by atoms with van der Waals surface area (Å²) in [6.45, 7) is 3.18. The Labute approximate surface area is 166 Å². The number of aliphatic carboxylic acids is 1. The first-order chi connectivity index (χ1) is 12.4. The quantitative estimate of drug-likeness (QED) is 0.815. The summed E-state index contributed by atoms with van der Waals surface area (Å²) >= 11 is 0. The van der Waals surface area contributed by atoms with Gasteiger partial charge >= 0.3 is 5.97 Å². The van der Waals surface area contributed by atoms with Crippen LogP contribution in [0.5, 0.6) is 0 Å². The number of rotatable bonds is 5. The van der Waals surface area contributed by atoms with E-state index in [0.29, 0.717) is 13.0 Å². The number of halogens is 1. The number of hydrogen-bond donors (Lipinski definition) is 1. The number of carboxylic acids is 1. The van der Waals surface area contributed by atoms with E-state index in [1.807, 2.05) is 11.8 Å². The van der Waals surface area contributed by atoms with Crippen molar-refractivity contribution in [3.05, 3.63) is 59.7 Å². The molecule has 0 aromatic heterocycles. The van der Waals surface area contributed by atoms with Gasteiger partial charge in [0.2, 0.25) is 9.84 Å². The van der Waals surface area contributed by atoms with Gasteiger partial charge in [-0.2, -0.15) is 0 Å². The molecule has 2 aromatic carbocycles. The molecular weight excluding hydrogens is 386 g/mol. The summed E-state index contributed by atoms with van der Waals surface area (Å²) in [4.78, 5) is 13.9. The molecule has 0 bridgehead atoms. The smallest absolute Gasteiger partial charge is 0.320 e. The minimum Gasteiger partial charge on any atom is -0.480 e. The molecule has 1 saturated heterocycles. The van der Waals surface area contributed by atoms with Gasteiger partial charge in [0.05, 0.1) is 9.79 Å². The van der Waals surface area contributed by atoms with Crippen LogP contribution in [0.1, 0.15) is 30.4 Å². The summed E-state index contributed by atoms with van der Waals surface area (Å²) in [6.07, 6.45) is 2.58. The van der Waals surface area contributed by atoms with Crippen LogP contribution in [0.3, 0.4) is 0 Å². The fourth-order valence-electron chi connectivity index (χ4n) is 3.32. The predicted molar refractivity (Wildman–Crippen MR) is 106 cm³/mol. The molecule has 0 amide bonds. The van der Waals surface area contributed by atoms with Crippen LogP contribution in [0.25, 0.3) is 0 Å². The molecule has 1 aliphatic heterocycles. The second kappa shape index (κ2) is 8.87. The van der Waals surface area contributed by atoms with E-state index in [0.717, 1.165) is 30.5 Å². The van der Waals surface area contributed by atoms with Gasteiger partial charge in [-0.3, -0.25) is 9.69 Å². The van der Waals surface area contributed by atoms with Gasteiger partial charge in [0.25, 0.3) is 0 Å². The largest absolute Gasteiger partial charge is 0.480 e. The van der Waals surface area contributed by atoms with Crippen LogP contribution >= 0.6 is 12.4 Å². The molecule has 1 fully saturated rings. The minimum absolute atomic E-state index is 0. The number of nitrogens with zero attached hydrogens (tertiary/aromatic N) is 1. The molecule has 1 atom stereocenters. The summed E-state index contributed by atoms with van der Waals surface area (Å²) in [5.74, 6) is -0.789. The van der Waals surface area contributed by atoms with Crippen molar-refractivity contribution in [2.24, 2.45) is 0 Å². The molecule has 2 aromatic rings. The van der Waals surface area contributed by atoms with E-state index < -0.39 is 21.8 Å². The Bertz CT molecular complexity index is 879. The Hall–Kier alpha value is -1.89. The van der Waals surface area contributed by atoms with Crippen molar-refractivity contribution in [1.29, 1.82) is 0 Å². The van der Waals surface area contributed by atoms with Gasteiger partial charge < -0.3 is 5.11 Å². The topological polar surface area (TPSA) is 74.7 Å². The van der Waals surface area contributed by atoms with Gasteiger partial charge in [-0.1, -0.05) is 36.2 Å². The van der Waals surface area contributed by atoms with Crippen molar-refractivity contribution in [3.8, 4) is 0 Å². The molecule has 3 rings (SSSR count). The van der Waals surface area contributed by atoms with E-state index >= 15 is 0 Å². The molecule has 0 aliphatic carbocycles. The van der Waals surface area contributed by atoms with Crippen LogP contribution in [-0.2, 0) is 21.2 Å². The molecule has 1 aliphatic rings. The molecule has 27 heavy (non-hydrogen) atoms. The fourth-order valence-corrected chi connectivity index (χ4v) is 4.58. The van der Waals surface area contributed by atoms with E-state index in [-0.39, 0.29) is 22.2 Å². The van der Waals surface area contributed by atoms with Crippen LogP contribution in [0.4, 0.5) is 0 Å². The molecular formula is C20H24ClNO4S.